The molecular weight excluding hydrogens is 468 g/mol. The summed E-state index contributed by atoms with van der Waals surface area (Å²) in [5.41, 5.74) is 1.69. The van der Waals surface area contributed by atoms with Gasteiger partial charge in [0.1, 0.15) is 5.75 Å². The van der Waals surface area contributed by atoms with Gasteiger partial charge in [-0.3, -0.25) is 4.79 Å². The van der Waals surface area contributed by atoms with E-state index in [-0.39, 0.29) is 23.9 Å². The average molecular weight is 493 g/mol. The molecular formula is C25H24N4O5S. The lowest BCUT2D eigenvalue weighted by Gasteiger charge is -2.33. The molecule has 0 spiro atoms. The van der Waals surface area contributed by atoms with Crippen molar-refractivity contribution >= 4 is 26.7 Å². The number of aryl methyl sites for hydroxylation is 1. The van der Waals surface area contributed by atoms with Crippen LogP contribution in [0.1, 0.15) is 11.5 Å². The quantitative estimate of drug-likeness (QED) is 0.407. The van der Waals surface area contributed by atoms with Crippen molar-refractivity contribution in [3.05, 3.63) is 72.1 Å². The fraction of sp³-hybridized carbons (Fsp3) is 0.240. The first-order chi connectivity index (χ1) is 16.8. The molecule has 1 aromatic heterocycles. The zero-order chi connectivity index (χ0) is 24.6. The number of ether oxygens (including phenoxy) is 1. The van der Waals surface area contributed by atoms with Crippen molar-refractivity contribution in [3.63, 3.8) is 0 Å². The monoisotopic (exact) mass is 492 g/mol. The second-order valence-corrected chi connectivity index (χ2v) is 10.3. The van der Waals surface area contributed by atoms with E-state index in [1.54, 1.807) is 43.2 Å². The van der Waals surface area contributed by atoms with Crippen LogP contribution in [0.25, 0.3) is 22.2 Å². The highest BCUT2D eigenvalue weighted by Gasteiger charge is 2.33. The van der Waals surface area contributed by atoms with Gasteiger partial charge in [-0.1, -0.05) is 35.5 Å². The summed E-state index contributed by atoms with van der Waals surface area (Å²) in [5, 5.41) is 5.60. The normalized spacial score (nSPS) is 15.0. The number of fused-ring (bicyclic) bond motifs is 1. The molecule has 0 atom stereocenters. The molecule has 4 aromatic rings. The Morgan fingerprint density at radius 3 is 2.60 bits per heavy atom. The highest BCUT2D eigenvalue weighted by atomic mass is 32.2. The first-order valence-electron chi connectivity index (χ1n) is 11.1. The Morgan fingerprint density at radius 2 is 1.86 bits per heavy atom. The lowest BCUT2D eigenvalue weighted by Crippen LogP contribution is -2.51. The first-order valence-corrected chi connectivity index (χ1v) is 12.5. The van der Waals surface area contributed by atoms with Crippen LogP contribution in [0.5, 0.6) is 5.75 Å². The lowest BCUT2D eigenvalue weighted by molar-refractivity contribution is -0.134. The second kappa shape index (κ2) is 9.12. The molecule has 1 saturated heterocycles. The SMILES string of the molecule is COc1ccc2ccc(S(=O)(=O)N3CCN(Cc4cccc(-c5noc(C)n5)c4)C(=O)C3)cc2c1. The van der Waals surface area contributed by atoms with Gasteiger partial charge in [-0.2, -0.15) is 9.29 Å². The largest absolute Gasteiger partial charge is 0.497 e. The number of aromatic nitrogens is 2. The van der Waals surface area contributed by atoms with E-state index in [1.165, 1.54) is 4.31 Å². The van der Waals surface area contributed by atoms with Gasteiger partial charge < -0.3 is 14.2 Å². The maximum Gasteiger partial charge on any atom is 0.243 e. The number of rotatable bonds is 6. The Morgan fingerprint density at radius 1 is 1.03 bits per heavy atom. The zero-order valence-corrected chi connectivity index (χ0v) is 20.2. The first kappa shape index (κ1) is 23.0. The van der Waals surface area contributed by atoms with Gasteiger partial charge in [0.05, 0.1) is 18.6 Å². The number of carbonyl (C=O) groups is 1. The van der Waals surface area contributed by atoms with Crippen molar-refractivity contribution in [2.75, 3.05) is 26.7 Å². The molecule has 0 radical (unpaired) electrons. The highest BCUT2D eigenvalue weighted by molar-refractivity contribution is 7.89. The van der Waals surface area contributed by atoms with E-state index in [0.717, 1.165) is 21.9 Å². The molecule has 1 aliphatic heterocycles. The number of amides is 1. The van der Waals surface area contributed by atoms with Gasteiger partial charge in [-0.05, 0) is 46.7 Å². The number of benzene rings is 3. The zero-order valence-electron chi connectivity index (χ0n) is 19.3. The fourth-order valence-corrected chi connectivity index (χ4v) is 5.56. The van der Waals surface area contributed by atoms with Crippen LogP contribution >= 0.6 is 0 Å². The molecule has 1 aliphatic rings. The van der Waals surface area contributed by atoms with E-state index in [9.17, 15) is 13.2 Å². The lowest BCUT2D eigenvalue weighted by atomic mass is 10.1. The number of sulfonamides is 1. The number of hydrogen-bond donors (Lipinski definition) is 0. The van der Waals surface area contributed by atoms with Crippen LogP contribution in [-0.4, -0.2) is 60.4 Å². The van der Waals surface area contributed by atoms with Crippen LogP contribution in [0, 0.1) is 6.92 Å². The van der Waals surface area contributed by atoms with Crippen molar-refractivity contribution in [2.24, 2.45) is 0 Å². The van der Waals surface area contributed by atoms with Crippen LogP contribution < -0.4 is 4.74 Å². The number of nitrogens with zero attached hydrogens (tertiary/aromatic N) is 4. The molecule has 5 rings (SSSR count). The topological polar surface area (TPSA) is 106 Å². The minimum absolute atomic E-state index is 0.155. The smallest absolute Gasteiger partial charge is 0.243 e. The van der Waals surface area contributed by atoms with E-state index in [0.29, 0.717) is 30.6 Å². The third-order valence-electron chi connectivity index (χ3n) is 6.03. The average Bonchev–Trinajstić information content (AvgIpc) is 3.31. The summed E-state index contributed by atoms with van der Waals surface area (Å²) in [6, 6.07) is 18.0. The molecule has 1 fully saturated rings. The molecule has 10 heteroatoms. The third kappa shape index (κ3) is 4.62. The summed E-state index contributed by atoms with van der Waals surface area (Å²) in [7, 11) is -2.26. The van der Waals surface area contributed by atoms with Crippen LogP contribution in [0.4, 0.5) is 0 Å². The van der Waals surface area contributed by atoms with Crippen LogP contribution in [0.15, 0.2) is 70.1 Å². The molecule has 35 heavy (non-hydrogen) atoms. The van der Waals surface area contributed by atoms with E-state index in [1.807, 2.05) is 36.4 Å². The predicted octanol–water partition coefficient (Wildman–Crippen LogP) is 3.24. The predicted molar refractivity (Wildman–Crippen MR) is 129 cm³/mol. The molecule has 9 nitrogen and oxygen atoms in total. The van der Waals surface area contributed by atoms with Gasteiger partial charge in [0.15, 0.2) is 0 Å². The summed E-state index contributed by atoms with van der Waals surface area (Å²) in [6.45, 7) is 2.40. The number of methoxy groups -OCH3 is 1. The number of piperazine rings is 1. The van der Waals surface area contributed by atoms with Crippen molar-refractivity contribution in [1.29, 1.82) is 0 Å². The Balaban J connectivity index is 1.31. The number of hydrogen-bond acceptors (Lipinski definition) is 7. The van der Waals surface area contributed by atoms with E-state index < -0.39 is 10.0 Å². The minimum Gasteiger partial charge on any atom is -0.497 e. The van der Waals surface area contributed by atoms with Crippen LogP contribution in [0.3, 0.4) is 0 Å². The Labute approximate surface area is 203 Å². The minimum atomic E-state index is -3.82. The number of carbonyl (C=O) groups excluding carboxylic acids is 1. The molecule has 0 saturated carbocycles. The van der Waals surface area contributed by atoms with Gasteiger partial charge in [-0.25, -0.2) is 8.42 Å². The maximum atomic E-state index is 13.3. The molecule has 1 amide bonds. The van der Waals surface area contributed by atoms with E-state index in [2.05, 4.69) is 10.1 Å². The van der Waals surface area contributed by atoms with Crippen molar-refractivity contribution in [1.82, 2.24) is 19.3 Å². The van der Waals surface area contributed by atoms with E-state index >= 15 is 0 Å². The van der Waals surface area contributed by atoms with Gasteiger partial charge in [-0.15, -0.1) is 0 Å². The summed E-state index contributed by atoms with van der Waals surface area (Å²) in [4.78, 5) is 19.0. The summed E-state index contributed by atoms with van der Waals surface area (Å²) in [5.74, 6) is 1.36. The van der Waals surface area contributed by atoms with Crippen molar-refractivity contribution in [2.45, 2.75) is 18.4 Å². The molecule has 2 heterocycles. The van der Waals surface area contributed by atoms with Crippen LogP contribution in [0.2, 0.25) is 0 Å². The summed E-state index contributed by atoms with van der Waals surface area (Å²) >= 11 is 0. The molecule has 0 unspecified atom stereocenters. The third-order valence-corrected chi connectivity index (χ3v) is 7.87. The molecule has 0 N–H and O–H groups in total. The van der Waals surface area contributed by atoms with Crippen molar-refractivity contribution < 1.29 is 22.5 Å². The maximum absolute atomic E-state index is 13.3. The molecule has 0 bridgehead atoms. The fourth-order valence-electron chi connectivity index (χ4n) is 4.14. The van der Waals surface area contributed by atoms with Gasteiger partial charge in [0, 0.05) is 32.1 Å². The van der Waals surface area contributed by atoms with Crippen molar-refractivity contribution in [3.8, 4) is 17.1 Å². The van der Waals surface area contributed by atoms with Gasteiger partial charge >= 0.3 is 0 Å². The van der Waals surface area contributed by atoms with Gasteiger partial charge in [0.2, 0.25) is 27.6 Å². The second-order valence-electron chi connectivity index (χ2n) is 8.37. The standard InChI is InChI=1S/C25H24N4O5S/c1-17-26-25(27-34-17)20-5-3-4-18(12-20)15-28-10-11-29(16-24(28)30)35(31,32)23-9-7-19-6-8-22(33-2)13-21(19)14-23/h3-9,12-14H,10-11,15-16H2,1-2H3. The highest BCUT2D eigenvalue weighted by Crippen LogP contribution is 2.26. The summed E-state index contributed by atoms with van der Waals surface area (Å²) in [6.07, 6.45) is 0. The Hall–Kier alpha value is -3.76. The van der Waals surface area contributed by atoms with E-state index in [4.69, 9.17) is 9.26 Å². The molecule has 3 aromatic carbocycles. The van der Waals surface area contributed by atoms with Crippen LogP contribution in [-0.2, 0) is 21.4 Å². The Kier molecular flexibility index (Phi) is 6.00. The Bertz CT molecular complexity index is 1520. The molecule has 0 aliphatic carbocycles. The summed E-state index contributed by atoms with van der Waals surface area (Å²) < 4.78 is 38.1. The molecule has 180 valence electrons. The van der Waals surface area contributed by atoms with Gasteiger partial charge in [0.25, 0.3) is 0 Å².